The van der Waals surface area contributed by atoms with E-state index < -0.39 is 4.92 Å². The summed E-state index contributed by atoms with van der Waals surface area (Å²) in [5, 5.41) is 19.4. The number of fused-ring (bicyclic) bond motifs is 1. The van der Waals surface area contributed by atoms with Crippen molar-refractivity contribution in [1.82, 2.24) is 9.38 Å². The van der Waals surface area contributed by atoms with Gasteiger partial charge in [-0.15, -0.1) is 10.2 Å². The zero-order chi connectivity index (χ0) is 18.1. The van der Waals surface area contributed by atoms with Crippen LogP contribution in [-0.4, -0.2) is 14.3 Å². The highest BCUT2D eigenvalue weighted by Crippen LogP contribution is 2.33. The van der Waals surface area contributed by atoms with Gasteiger partial charge in [-0.2, -0.15) is 0 Å². The lowest BCUT2D eigenvalue weighted by Gasteiger charge is -2.01. The molecule has 3 heterocycles. The van der Waals surface area contributed by atoms with Gasteiger partial charge in [0.1, 0.15) is 5.65 Å². The van der Waals surface area contributed by atoms with Crippen molar-refractivity contribution in [2.45, 2.75) is 6.92 Å². The number of non-ortho nitro benzene ring substituents is 1. The molecule has 3 aromatic heterocycles. The number of furan rings is 1. The first kappa shape index (κ1) is 15.7. The largest absolute Gasteiger partial charge is 0.463 e. The number of hydrogen-bond acceptors (Lipinski definition) is 6. The second-order valence-electron chi connectivity index (χ2n) is 5.60. The number of imidazole rings is 1. The Labute approximate surface area is 147 Å². The molecule has 8 nitrogen and oxygen atoms in total. The van der Waals surface area contributed by atoms with Gasteiger partial charge in [0, 0.05) is 17.8 Å². The summed E-state index contributed by atoms with van der Waals surface area (Å²) in [5.41, 5.74) is 2.54. The van der Waals surface area contributed by atoms with Crippen molar-refractivity contribution in [1.29, 1.82) is 0 Å². The predicted octanol–water partition coefficient (Wildman–Crippen LogP) is 5.23. The molecular formula is C18H13N5O3. The van der Waals surface area contributed by atoms with E-state index in [9.17, 15) is 10.1 Å². The summed E-state index contributed by atoms with van der Waals surface area (Å²) in [7, 11) is 0. The highest BCUT2D eigenvalue weighted by Gasteiger charge is 2.17. The zero-order valence-corrected chi connectivity index (χ0v) is 13.7. The minimum absolute atomic E-state index is 0.0398. The topological polar surface area (TPSA) is 98.3 Å². The average molecular weight is 347 g/mol. The van der Waals surface area contributed by atoms with Crippen LogP contribution in [0.3, 0.4) is 0 Å². The van der Waals surface area contributed by atoms with Crippen molar-refractivity contribution in [2.75, 3.05) is 0 Å². The highest BCUT2D eigenvalue weighted by molar-refractivity contribution is 5.71. The number of pyridine rings is 1. The molecular weight excluding hydrogens is 334 g/mol. The van der Waals surface area contributed by atoms with Gasteiger partial charge < -0.3 is 4.42 Å². The van der Waals surface area contributed by atoms with Crippen molar-refractivity contribution >= 4 is 22.8 Å². The van der Waals surface area contributed by atoms with Gasteiger partial charge in [0.05, 0.1) is 16.9 Å². The number of hydrogen-bond donors (Lipinski definition) is 0. The maximum atomic E-state index is 10.9. The van der Waals surface area contributed by atoms with E-state index in [0.29, 0.717) is 28.6 Å². The normalized spacial score (nSPS) is 11.4. The number of aryl methyl sites for hydroxylation is 1. The van der Waals surface area contributed by atoms with Gasteiger partial charge in [-0.05, 0) is 37.3 Å². The van der Waals surface area contributed by atoms with Crippen LogP contribution in [0.4, 0.5) is 17.2 Å². The minimum Gasteiger partial charge on any atom is -0.463 e. The molecule has 0 saturated heterocycles. The Balaban J connectivity index is 1.86. The molecule has 0 bridgehead atoms. The monoisotopic (exact) mass is 347 g/mol. The lowest BCUT2D eigenvalue weighted by atomic mass is 10.3. The standard InChI is InChI=1S/C18H13N5O3/c1-12-5-2-9-16-19-17(15-8-4-10-26-15)18(22(12)16)21-20-13-6-3-7-14(11-13)23(24)25/h2-11H,1H3. The fraction of sp³-hybridized carbons (Fsp3) is 0.0556. The molecule has 0 fully saturated rings. The van der Waals surface area contributed by atoms with E-state index in [1.165, 1.54) is 12.1 Å². The zero-order valence-electron chi connectivity index (χ0n) is 13.7. The molecule has 26 heavy (non-hydrogen) atoms. The van der Waals surface area contributed by atoms with E-state index in [2.05, 4.69) is 15.2 Å². The first-order chi connectivity index (χ1) is 12.6. The Morgan fingerprint density at radius 3 is 2.73 bits per heavy atom. The smallest absolute Gasteiger partial charge is 0.271 e. The summed E-state index contributed by atoms with van der Waals surface area (Å²) >= 11 is 0. The third kappa shape index (κ3) is 2.73. The Morgan fingerprint density at radius 1 is 1.12 bits per heavy atom. The second kappa shape index (κ2) is 6.25. The van der Waals surface area contributed by atoms with Crippen molar-refractivity contribution in [3.63, 3.8) is 0 Å². The third-order valence-corrected chi connectivity index (χ3v) is 3.87. The van der Waals surface area contributed by atoms with E-state index in [-0.39, 0.29) is 5.69 Å². The fourth-order valence-corrected chi connectivity index (χ4v) is 2.68. The molecule has 128 valence electrons. The van der Waals surface area contributed by atoms with Crippen molar-refractivity contribution in [3.8, 4) is 11.5 Å². The van der Waals surface area contributed by atoms with Crippen molar-refractivity contribution in [3.05, 3.63) is 76.7 Å². The lowest BCUT2D eigenvalue weighted by molar-refractivity contribution is -0.384. The number of nitro benzene ring substituents is 1. The van der Waals surface area contributed by atoms with Gasteiger partial charge in [0.25, 0.3) is 5.69 Å². The fourth-order valence-electron chi connectivity index (χ4n) is 2.68. The Hall–Kier alpha value is -3.81. The molecule has 0 amide bonds. The van der Waals surface area contributed by atoms with Crippen LogP contribution in [0, 0.1) is 17.0 Å². The van der Waals surface area contributed by atoms with Gasteiger partial charge in [0.2, 0.25) is 0 Å². The van der Waals surface area contributed by atoms with Gasteiger partial charge in [-0.3, -0.25) is 14.5 Å². The lowest BCUT2D eigenvalue weighted by Crippen LogP contribution is -1.89. The molecule has 0 spiro atoms. The Bertz CT molecular complexity index is 1130. The van der Waals surface area contributed by atoms with Crippen molar-refractivity contribution < 1.29 is 9.34 Å². The molecule has 0 radical (unpaired) electrons. The first-order valence-corrected chi connectivity index (χ1v) is 7.81. The molecule has 4 aromatic rings. The van der Waals surface area contributed by atoms with Gasteiger partial charge >= 0.3 is 0 Å². The van der Waals surface area contributed by atoms with Crippen LogP contribution in [0.25, 0.3) is 17.1 Å². The number of nitrogens with zero attached hydrogens (tertiary/aromatic N) is 5. The summed E-state index contributed by atoms with van der Waals surface area (Å²) in [6.07, 6.45) is 1.56. The Kier molecular flexibility index (Phi) is 3.77. The van der Waals surface area contributed by atoms with Crippen LogP contribution in [0.15, 0.2) is 75.5 Å². The van der Waals surface area contributed by atoms with E-state index in [1.54, 1.807) is 30.5 Å². The van der Waals surface area contributed by atoms with Crippen LogP contribution >= 0.6 is 0 Å². The molecule has 0 N–H and O–H groups in total. The summed E-state index contributed by atoms with van der Waals surface area (Å²) in [4.78, 5) is 15.0. The maximum Gasteiger partial charge on any atom is 0.271 e. The first-order valence-electron chi connectivity index (χ1n) is 7.81. The molecule has 0 aliphatic carbocycles. The molecule has 0 unspecified atom stereocenters. The molecule has 0 saturated carbocycles. The third-order valence-electron chi connectivity index (χ3n) is 3.87. The Morgan fingerprint density at radius 2 is 1.96 bits per heavy atom. The van der Waals surface area contributed by atoms with E-state index >= 15 is 0 Å². The average Bonchev–Trinajstić information content (AvgIpc) is 3.28. The number of azo groups is 1. The SMILES string of the molecule is Cc1cccc2nc(-c3ccco3)c(N=Nc3cccc([N+](=O)[O-])c3)n12. The van der Waals surface area contributed by atoms with Gasteiger partial charge in [0.15, 0.2) is 17.3 Å². The number of rotatable bonds is 4. The molecule has 8 heteroatoms. The predicted molar refractivity (Wildman–Crippen MR) is 94.9 cm³/mol. The molecule has 4 rings (SSSR count). The number of nitro groups is 1. The summed E-state index contributed by atoms with van der Waals surface area (Å²) in [6.45, 7) is 1.94. The summed E-state index contributed by atoms with van der Waals surface area (Å²) in [6, 6.07) is 15.3. The number of aromatic nitrogens is 2. The van der Waals surface area contributed by atoms with Gasteiger partial charge in [-0.25, -0.2) is 4.98 Å². The van der Waals surface area contributed by atoms with Crippen LogP contribution in [0.2, 0.25) is 0 Å². The van der Waals surface area contributed by atoms with Crippen LogP contribution < -0.4 is 0 Å². The van der Waals surface area contributed by atoms with Crippen LogP contribution in [0.1, 0.15) is 5.69 Å². The summed E-state index contributed by atoms with van der Waals surface area (Å²) < 4.78 is 7.33. The maximum absolute atomic E-state index is 10.9. The van der Waals surface area contributed by atoms with E-state index in [4.69, 9.17) is 4.42 Å². The minimum atomic E-state index is -0.467. The van der Waals surface area contributed by atoms with E-state index in [0.717, 1.165) is 5.69 Å². The van der Waals surface area contributed by atoms with Crippen LogP contribution in [-0.2, 0) is 0 Å². The molecule has 0 aliphatic rings. The quantitative estimate of drug-likeness (QED) is 0.287. The highest BCUT2D eigenvalue weighted by atomic mass is 16.6. The summed E-state index contributed by atoms with van der Waals surface area (Å²) in [5.74, 6) is 1.07. The second-order valence-corrected chi connectivity index (χ2v) is 5.60. The van der Waals surface area contributed by atoms with E-state index in [1.807, 2.05) is 29.5 Å². The van der Waals surface area contributed by atoms with Crippen molar-refractivity contribution in [2.24, 2.45) is 10.2 Å². The molecule has 0 atom stereocenters. The molecule has 0 aliphatic heterocycles. The van der Waals surface area contributed by atoms with Crippen LogP contribution in [0.5, 0.6) is 0 Å². The molecule has 1 aromatic carbocycles. The van der Waals surface area contributed by atoms with Gasteiger partial charge in [-0.1, -0.05) is 12.1 Å². The number of benzene rings is 1.